The molecule has 112 heavy (non-hydrogen) atoms. The van der Waals surface area contributed by atoms with Crippen LogP contribution in [0.2, 0.25) is 0 Å². The van der Waals surface area contributed by atoms with Crippen LogP contribution in [0.1, 0.15) is 478 Å². The Balaban J connectivity index is 1.97. The van der Waals surface area contributed by atoms with E-state index in [1.807, 2.05) is 0 Å². The van der Waals surface area contributed by atoms with Crippen molar-refractivity contribution in [2.45, 2.75) is 492 Å². The minimum absolute atomic E-state index is 0.154. The molecule has 0 aliphatic heterocycles. The quantitative estimate of drug-likeness (QED) is 0.0327. The fraction of sp³-hybridized carbons (Fsp3) is 0.750. The summed E-state index contributed by atoms with van der Waals surface area (Å²) in [4.78, 5) is 36.9. The van der Waals surface area contributed by atoms with Gasteiger partial charge in [-0.1, -0.05) is 408 Å². The Morgan fingerprint density at radius 3 is 0.536 bits per heavy atom. The van der Waals surface area contributed by atoms with Crippen LogP contribution in [0.25, 0.3) is 0 Å². The fourth-order valence-corrected chi connectivity index (χ4v) is 17.0. The molecule has 0 radical (unpaired) electrons. The molecule has 8 nitrogen and oxygen atoms in total. The highest BCUT2D eigenvalue weighted by molar-refractivity contribution is 5.78. The molecule has 0 heterocycles. The Kier molecular flexibility index (Phi) is 41.0. The third-order valence-electron chi connectivity index (χ3n) is 24.3. The number of phenols is 4. The van der Waals surface area contributed by atoms with Crippen molar-refractivity contribution in [2.24, 2.45) is 0 Å². The number of hydrogen-bond acceptors (Lipinski definition) is 6. The molecule has 0 aliphatic rings. The van der Waals surface area contributed by atoms with Crippen molar-refractivity contribution < 1.29 is 30.0 Å². The zero-order valence-electron chi connectivity index (χ0n) is 78.0. The van der Waals surface area contributed by atoms with Crippen molar-refractivity contribution >= 4 is 11.8 Å². The normalized spacial score (nSPS) is 13.0. The van der Waals surface area contributed by atoms with Crippen LogP contribution in [0.15, 0.2) is 48.5 Å². The highest BCUT2D eigenvalue weighted by Crippen LogP contribution is 2.45. The molecule has 2 amide bonds. The Hall–Kier alpha value is -4.98. The maximum absolute atomic E-state index is 16.2. The summed E-state index contributed by atoms with van der Waals surface area (Å²) < 4.78 is 0. The van der Waals surface area contributed by atoms with E-state index in [4.69, 9.17) is 0 Å². The molecule has 8 heteroatoms. The molecular formula is C104H176N2O6. The molecule has 638 valence electrons. The number of aryl methyl sites for hydroxylation is 4. The molecule has 4 aromatic rings. The number of nitrogens with zero attached hydrogens (tertiary/aromatic N) is 2. The van der Waals surface area contributed by atoms with Crippen molar-refractivity contribution in [2.75, 3.05) is 13.1 Å². The molecular weight excluding hydrogens is 1370 g/mol. The zero-order chi connectivity index (χ0) is 84.1. The van der Waals surface area contributed by atoms with Gasteiger partial charge in [-0.2, -0.15) is 0 Å². The first kappa shape index (κ1) is 99.4. The van der Waals surface area contributed by atoms with Crippen LogP contribution in [0.5, 0.6) is 23.0 Å². The predicted molar refractivity (Wildman–Crippen MR) is 485 cm³/mol. The molecule has 0 bridgehead atoms. The Morgan fingerprint density at radius 1 is 0.250 bits per heavy atom. The number of unbranched alkanes of at least 4 members (excludes halogenated alkanes) is 28. The van der Waals surface area contributed by atoms with Crippen molar-refractivity contribution in [1.29, 1.82) is 0 Å². The summed E-state index contributed by atoms with van der Waals surface area (Å²) in [6.07, 6.45) is 43.9. The van der Waals surface area contributed by atoms with Gasteiger partial charge in [-0.05, 0) is 174 Å². The second-order valence-electron chi connectivity index (χ2n) is 43.2. The van der Waals surface area contributed by atoms with Crippen LogP contribution in [-0.2, 0) is 78.6 Å². The highest BCUT2D eigenvalue weighted by Gasteiger charge is 2.35. The van der Waals surface area contributed by atoms with E-state index < -0.39 is 0 Å². The molecule has 0 saturated heterocycles. The zero-order valence-corrected chi connectivity index (χ0v) is 78.0. The summed E-state index contributed by atoms with van der Waals surface area (Å²) in [6.45, 7) is 57.8. The standard InChI is InChI=1S/C104H176N2O6/c1-27-29-31-33-35-37-39-41-43-45-47-49-51-53-55-57-91(107)105(81(63-59-77-69-83(97(3,4)5)93(109)84(70-77)98(6,7)8)64-60-78-71-85(99(9,10)11)94(110)86(72-78)100(12,13)14)67-68-106(92(108)58-56-54-52-50-48-46-44-42-40-38-36-34-32-30-28-2)82(65-61-79-73-87(101(15,16)17)95(111)88(74-79)102(18,19)20)66-62-80-75-89(103(21,22)23)96(112)90(76-80)104(24,25)26/h69-76,81-82,109-112H,27-68H2,1-26H3. The van der Waals surface area contributed by atoms with Gasteiger partial charge in [-0.25, -0.2) is 0 Å². The number of amides is 2. The lowest BCUT2D eigenvalue weighted by molar-refractivity contribution is -0.138. The van der Waals surface area contributed by atoms with E-state index in [0.29, 0.717) is 100 Å². The summed E-state index contributed by atoms with van der Waals surface area (Å²) in [5, 5.41) is 48.4. The Bertz CT molecular complexity index is 2860. The number of carbonyl (C=O) groups excluding carboxylic acids is 2. The first-order chi connectivity index (χ1) is 52.1. The van der Waals surface area contributed by atoms with Gasteiger partial charge in [-0.15, -0.1) is 0 Å². The average Bonchev–Trinajstić information content (AvgIpc) is 0.799. The second-order valence-corrected chi connectivity index (χ2v) is 43.2. The largest absolute Gasteiger partial charge is 0.507 e. The van der Waals surface area contributed by atoms with Gasteiger partial charge in [0.1, 0.15) is 23.0 Å². The van der Waals surface area contributed by atoms with E-state index in [1.54, 1.807) is 0 Å². The maximum Gasteiger partial charge on any atom is 0.222 e. The van der Waals surface area contributed by atoms with Gasteiger partial charge < -0.3 is 30.2 Å². The number of hydrogen-bond donors (Lipinski definition) is 4. The maximum atomic E-state index is 16.2. The first-order valence-corrected chi connectivity index (χ1v) is 46.2. The monoisotopic (exact) mass is 1550 g/mol. The second kappa shape index (κ2) is 46.2. The number of aromatic hydroxyl groups is 4. The molecule has 0 aromatic heterocycles. The fourth-order valence-electron chi connectivity index (χ4n) is 17.0. The number of rotatable bonds is 49. The van der Waals surface area contributed by atoms with Gasteiger partial charge in [0.25, 0.3) is 0 Å². The van der Waals surface area contributed by atoms with Gasteiger partial charge in [-0.3, -0.25) is 9.59 Å². The van der Waals surface area contributed by atoms with Gasteiger partial charge >= 0.3 is 0 Å². The van der Waals surface area contributed by atoms with Gasteiger partial charge in [0.2, 0.25) is 11.8 Å². The summed E-state index contributed by atoms with van der Waals surface area (Å²) >= 11 is 0. The van der Waals surface area contributed by atoms with Gasteiger partial charge in [0, 0.05) is 38.0 Å². The van der Waals surface area contributed by atoms with E-state index in [1.165, 1.54) is 154 Å². The van der Waals surface area contributed by atoms with Crippen LogP contribution in [-0.4, -0.2) is 67.2 Å². The molecule has 0 spiro atoms. The Labute approximate surface area is 691 Å². The molecule has 0 aliphatic carbocycles. The molecule has 0 atom stereocenters. The first-order valence-electron chi connectivity index (χ1n) is 46.2. The third-order valence-corrected chi connectivity index (χ3v) is 24.3. The van der Waals surface area contributed by atoms with Crippen molar-refractivity contribution in [3.05, 3.63) is 115 Å². The van der Waals surface area contributed by atoms with Crippen LogP contribution in [0, 0.1) is 0 Å². The lowest BCUT2D eigenvalue weighted by Crippen LogP contribution is -2.49. The van der Waals surface area contributed by atoms with Crippen LogP contribution < -0.4 is 0 Å². The number of benzene rings is 4. The van der Waals surface area contributed by atoms with E-state index in [0.717, 1.165) is 105 Å². The minimum atomic E-state index is -0.319. The van der Waals surface area contributed by atoms with E-state index in [2.05, 4.69) is 238 Å². The predicted octanol–water partition coefficient (Wildman–Crippen LogP) is 29.6. The topological polar surface area (TPSA) is 122 Å². The van der Waals surface area contributed by atoms with Crippen molar-refractivity contribution in [1.82, 2.24) is 9.80 Å². The number of carbonyl (C=O) groups is 2. The molecule has 0 fully saturated rings. The summed E-state index contributed by atoms with van der Waals surface area (Å²) in [6, 6.07) is 17.4. The van der Waals surface area contributed by atoms with Crippen molar-refractivity contribution in [3.8, 4) is 23.0 Å². The highest BCUT2D eigenvalue weighted by atomic mass is 16.3. The molecule has 4 rings (SSSR count). The number of phenolic OH excluding ortho intramolecular Hbond substituents is 4. The van der Waals surface area contributed by atoms with Gasteiger partial charge in [0.15, 0.2) is 0 Å². The smallest absolute Gasteiger partial charge is 0.222 e. The average molecular weight is 1550 g/mol. The van der Waals surface area contributed by atoms with Crippen molar-refractivity contribution in [3.63, 3.8) is 0 Å². The summed E-state index contributed by atoms with van der Waals surface area (Å²) in [5.74, 6) is 1.77. The lowest BCUT2D eigenvalue weighted by atomic mass is 9.77. The van der Waals surface area contributed by atoms with E-state index >= 15 is 9.59 Å². The Morgan fingerprint density at radius 2 is 0.393 bits per heavy atom. The molecule has 4 aromatic carbocycles. The van der Waals surface area contributed by atoms with Crippen LogP contribution in [0.4, 0.5) is 0 Å². The van der Waals surface area contributed by atoms with Crippen LogP contribution >= 0.6 is 0 Å². The third kappa shape index (κ3) is 34.3. The SMILES string of the molecule is CCCCCCCCCCCCCCCCCC(=O)N(CCN(C(=O)CCCCCCCCCCCCCCCCC)C(CCc1cc(C(C)(C)C)c(O)c(C(C)(C)C)c1)CCc1cc(C(C)(C)C)c(O)c(C(C)(C)C)c1)C(CCc1cc(C(C)(C)C)c(O)c(C(C)(C)C)c1)CCc1cc(C(C)(C)C)c(O)c(C(C)(C)C)c1. The molecule has 0 unspecified atom stereocenters. The van der Waals surface area contributed by atoms with E-state index in [-0.39, 0.29) is 67.2 Å². The lowest BCUT2D eigenvalue weighted by Gasteiger charge is -2.38. The van der Waals surface area contributed by atoms with E-state index in [9.17, 15) is 20.4 Å². The summed E-state index contributed by atoms with van der Waals surface area (Å²) in [7, 11) is 0. The summed E-state index contributed by atoms with van der Waals surface area (Å²) in [5.41, 5.74) is 9.53. The molecule has 0 saturated carbocycles. The van der Waals surface area contributed by atoms with Gasteiger partial charge in [0.05, 0.1) is 0 Å². The minimum Gasteiger partial charge on any atom is -0.507 e. The van der Waals surface area contributed by atoms with Crippen LogP contribution in [0.3, 0.4) is 0 Å². The molecule has 4 N–H and O–H groups in total.